The quantitative estimate of drug-likeness (QED) is 0.0362. The molecule has 0 bridgehead atoms. The molecule has 2 aromatic heterocycles. The second kappa shape index (κ2) is 27.4. The van der Waals surface area contributed by atoms with Crippen molar-refractivity contribution in [2.45, 2.75) is 182 Å². The van der Waals surface area contributed by atoms with Gasteiger partial charge in [0.1, 0.15) is 11.2 Å². The van der Waals surface area contributed by atoms with Crippen LogP contribution in [0.4, 0.5) is 11.8 Å². The average molecular weight is 832 g/mol. The number of nitrogens with zero attached hydrogens (tertiary/aromatic N) is 2. The number of furan rings is 2. The van der Waals surface area contributed by atoms with Crippen LogP contribution in [0, 0.1) is 0 Å². The standard InChI is InChI=1S/C54H78N2O2.C2H7N/c1-5-9-13-17-21-25-37-55(38-26-22-18-14-10-6-2)53-41-49-47-31-29-44-43(45(47)33-35-51(49)57-53)30-32-48-46(44)34-36-52-50(48)42-54(58-52)56(39-27-23-19-15-11-7-3)40-28-24-20-16-12-8-4;1-3-2/h29-36,41-42H,5-28,37-40H2,1-4H3;3H,1-2H3. The third kappa shape index (κ3) is 14.2. The molecule has 5 heteroatoms. The van der Waals surface area contributed by atoms with Crippen molar-refractivity contribution in [2.75, 3.05) is 50.1 Å². The summed E-state index contributed by atoms with van der Waals surface area (Å²) in [6, 6.07) is 23.1. The lowest BCUT2D eigenvalue weighted by atomic mass is 9.95. The molecule has 0 aliphatic carbocycles. The first kappa shape index (κ1) is 48.3. The van der Waals surface area contributed by atoms with Gasteiger partial charge in [-0.3, -0.25) is 0 Å². The largest absolute Gasteiger partial charge is 0.441 e. The molecule has 0 amide bonds. The molecule has 5 nitrogen and oxygen atoms in total. The zero-order chi connectivity index (χ0) is 43.1. The predicted molar refractivity (Wildman–Crippen MR) is 271 cm³/mol. The van der Waals surface area contributed by atoms with E-state index in [1.165, 1.54) is 197 Å². The SMILES string of the molecule is CCCCCCCCN(CCCCCCCC)c1cc2c(ccc3c2ccc2c4ccc5oc(N(CCCCCCCC)CCCCCCCC)cc5c4ccc32)o1.CNC. The third-order valence-corrected chi connectivity index (χ3v) is 12.9. The zero-order valence-corrected chi connectivity index (χ0v) is 39.8. The average Bonchev–Trinajstić information content (AvgIpc) is 3.92. The van der Waals surface area contributed by atoms with Crippen molar-refractivity contribution in [1.82, 2.24) is 5.32 Å². The molecule has 6 aromatic rings. The minimum absolute atomic E-state index is 0.998. The molecule has 0 atom stereocenters. The van der Waals surface area contributed by atoms with Gasteiger partial charge in [0.25, 0.3) is 0 Å². The summed E-state index contributed by atoms with van der Waals surface area (Å²) in [5.74, 6) is 2.09. The fraction of sp³-hybridized carbons (Fsp3) is 0.607. The number of fused-ring (bicyclic) bond motifs is 9. The number of anilines is 2. The Kier molecular flexibility index (Phi) is 21.7. The summed E-state index contributed by atoms with van der Waals surface area (Å²) >= 11 is 0. The van der Waals surface area contributed by atoms with E-state index in [0.717, 1.165) is 49.1 Å². The Morgan fingerprint density at radius 3 is 0.836 bits per heavy atom. The van der Waals surface area contributed by atoms with E-state index in [1.807, 2.05) is 14.1 Å². The highest BCUT2D eigenvalue weighted by Gasteiger charge is 2.18. The molecular formula is C56H85N3O2. The first-order valence-electron chi connectivity index (χ1n) is 25.4. The second-order valence-electron chi connectivity index (χ2n) is 18.1. The van der Waals surface area contributed by atoms with E-state index in [-0.39, 0.29) is 0 Å². The molecule has 0 aliphatic rings. The van der Waals surface area contributed by atoms with Gasteiger partial charge >= 0.3 is 0 Å². The minimum Gasteiger partial charge on any atom is -0.441 e. The first-order valence-corrected chi connectivity index (χ1v) is 25.4. The van der Waals surface area contributed by atoms with Crippen molar-refractivity contribution in [3.63, 3.8) is 0 Å². The molecule has 1 N–H and O–H groups in total. The Bertz CT molecular complexity index is 1930. The van der Waals surface area contributed by atoms with Crippen LogP contribution in [0.3, 0.4) is 0 Å². The second-order valence-corrected chi connectivity index (χ2v) is 18.1. The van der Waals surface area contributed by atoms with E-state index in [2.05, 4.69) is 103 Å². The zero-order valence-electron chi connectivity index (χ0n) is 39.8. The highest BCUT2D eigenvalue weighted by Crippen LogP contribution is 2.40. The summed E-state index contributed by atoms with van der Waals surface area (Å²) in [7, 11) is 3.75. The van der Waals surface area contributed by atoms with Crippen molar-refractivity contribution in [2.24, 2.45) is 0 Å². The summed E-state index contributed by atoms with van der Waals surface area (Å²) in [6.45, 7) is 13.5. The molecule has 0 fully saturated rings. The van der Waals surface area contributed by atoms with Crippen LogP contribution in [0.25, 0.3) is 54.3 Å². The lowest BCUT2D eigenvalue weighted by molar-refractivity contribution is 0.535. The lowest BCUT2D eigenvalue weighted by Crippen LogP contribution is -2.25. The molecule has 0 saturated heterocycles. The first-order chi connectivity index (χ1) is 30.1. The maximum absolute atomic E-state index is 6.69. The van der Waals surface area contributed by atoms with E-state index in [4.69, 9.17) is 8.83 Å². The molecule has 0 radical (unpaired) electrons. The molecule has 0 saturated carbocycles. The van der Waals surface area contributed by atoms with Gasteiger partial charge in [0.05, 0.1) is 0 Å². The van der Waals surface area contributed by atoms with Crippen molar-refractivity contribution in [3.8, 4) is 0 Å². The summed E-state index contributed by atoms with van der Waals surface area (Å²) in [4.78, 5) is 5.10. The third-order valence-electron chi connectivity index (χ3n) is 12.9. The molecular weight excluding hydrogens is 747 g/mol. The van der Waals surface area contributed by atoms with Crippen LogP contribution in [-0.4, -0.2) is 40.3 Å². The number of hydrogen-bond acceptors (Lipinski definition) is 5. The van der Waals surface area contributed by atoms with Crippen LogP contribution < -0.4 is 15.1 Å². The molecule has 61 heavy (non-hydrogen) atoms. The van der Waals surface area contributed by atoms with Crippen LogP contribution in [0.1, 0.15) is 182 Å². The van der Waals surface area contributed by atoms with Gasteiger partial charge in [0, 0.05) is 49.1 Å². The van der Waals surface area contributed by atoms with Crippen molar-refractivity contribution >= 4 is 66.0 Å². The summed E-state index contributed by atoms with van der Waals surface area (Å²) < 4.78 is 13.4. The van der Waals surface area contributed by atoms with Gasteiger partial charge in [0.2, 0.25) is 0 Å². The molecule has 0 spiro atoms. The molecule has 0 unspecified atom stereocenters. The van der Waals surface area contributed by atoms with Crippen molar-refractivity contribution < 1.29 is 8.83 Å². The van der Waals surface area contributed by atoms with Gasteiger partial charge in [-0.15, -0.1) is 0 Å². The van der Waals surface area contributed by atoms with Gasteiger partial charge in [-0.2, -0.15) is 0 Å². The van der Waals surface area contributed by atoms with Crippen molar-refractivity contribution in [1.29, 1.82) is 0 Å². The van der Waals surface area contributed by atoms with E-state index in [9.17, 15) is 0 Å². The fourth-order valence-corrected chi connectivity index (χ4v) is 9.36. The van der Waals surface area contributed by atoms with Gasteiger partial charge in [0.15, 0.2) is 11.8 Å². The smallest absolute Gasteiger partial charge is 0.196 e. The highest BCUT2D eigenvalue weighted by atomic mass is 16.4. The van der Waals surface area contributed by atoms with Gasteiger partial charge in [-0.1, -0.05) is 193 Å². The number of nitrogens with one attached hydrogen (secondary N) is 1. The van der Waals surface area contributed by atoms with Gasteiger partial charge in [-0.05, 0) is 84.2 Å². The van der Waals surface area contributed by atoms with Crippen LogP contribution >= 0.6 is 0 Å². The molecule has 2 heterocycles. The van der Waals surface area contributed by atoms with Gasteiger partial charge in [-0.25, -0.2) is 0 Å². The number of unbranched alkanes of at least 4 members (excludes halogenated alkanes) is 20. The van der Waals surface area contributed by atoms with Crippen molar-refractivity contribution in [3.05, 3.63) is 60.7 Å². The molecule has 0 aliphatic heterocycles. The lowest BCUT2D eigenvalue weighted by Gasteiger charge is -2.22. The molecule has 336 valence electrons. The predicted octanol–water partition coefficient (Wildman–Crippen LogP) is 17.5. The number of benzene rings is 4. The fourth-order valence-electron chi connectivity index (χ4n) is 9.36. The summed E-state index contributed by atoms with van der Waals surface area (Å²) in [6.07, 6.45) is 31.6. The Hall–Kier alpha value is -3.70. The highest BCUT2D eigenvalue weighted by molar-refractivity contribution is 6.24. The minimum atomic E-state index is 0.998. The monoisotopic (exact) mass is 832 g/mol. The Morgan fingerprint density at radius 2 is 0.557 bits per heavy atom. The summed E-state index contributed by atoms with van der Waals surface area (Å²) in [5, 5.41) is 13.0. The van der Waals surface area contributed by atoms with Gasteiger partial charge < -0.3 is 24.0 Å². The number of hydrogen-bond donors (Lipinski definition) is 1. The summed E-state index contributed by atoms with van der Waals surface area (Å²) in [5.41, 5.74) is 2.00. The number of rotatable bonds is 30. The van der Waals surface area contributed by atoms with Crippen LogP contribution in [0.5, 0.6) is 0 Å². The van der Waals surface area contributed by atoms with E-state index in [1.54, 1.807) is 0 Å². The molecule has 6 rings (SSSR count). The molecule has 4 aromatic carbocycles. The van der Waals surface area contributed by atoms with E-state index in [0.29, 0.717) is 0 Å². The maximum Gasteiger partial charge on any atom is 0.196 e. The Morgan fingerprint density at radius 1 is 0.328 bits per heavy atom. The normalized spacial score (nSPS) is 11.7. The van der Waals surface area contributed by atoms with E-state index >= 15 is 0 Å². The van der Waals surface area contributed by atoms with Crippen LogP contribution in [0.2, 0.25) is 0 Å². The van der Waals surface area contributed by atoms with E-state index < -0.39 is 0 Å². The maximum atomic E-state index is 6.69. The Balaban J connectivity index is 0.00000228. The topological polar surface area (TPSA) is 44.8 Å². The Labute approximate surface area is 371 Å². The van der Waals surface area contributed by atoms with Crippen LogP contribution in [-0.2, 0) is 0 Å². The van der Waals surface area contributed by atoms with Crippen LogP contribution in [0.15, 0.2) is 69.5 Å².